The van der Waals surface area contributed by atoms with Crippen molar-refractivity contribution in [2.45, 2.75) is 63.6 Å². The highest BCUT2D eigenvalue weighted by Gasteiger charge is 2.26. The molecule has 0 bridgehead atoms. The first-order chi connectivity index (χ1) is 15.2. The van der Waals surface area contributed by atoms with Crippen molar-refractivity contribution in [3.05, 3.63) is 63.1 Å². The molecule has 2 amide bonds. The normalized spacial score (nSPS) is 12.8. The zero-order valence-corrected chi connectivity index (χ0v) is 21.6. The monoisotopic (exact) mass is 514 g/mol. The Balaban J connectivity index is 2.04. The molecule has 0 aliphatic rings. The van der Waals surface area contributed by atoms with E-state index in [1.54, 1.807) is 35.7 Å². The van der Waals surface area contributed by atoms with Crippen LogP contribution in [0.5, 0.6) is 0 Å². The number of nitrogens with one attached hydrogen (secondary N) is 1. The van der Waals surface area contributed by atoms with Crippen molar-refractivity contribution in [3.63, 3.8) is 0 Å². The third-order valence-electron chi connectivity index (χ3n) is 5.12. The van der Waals surface area contributed by atoms with Gasteiger partial charge in [0.25, 0.3) is 0 Å². The van der Waals surface area contributed by atoms with Crippen molar-refractivity contribution in [1.82, 2.24) is 10.2 Å². The van der Waals surface area contributed by atoms with E-state index in [0.717, 1.165) is 22.6 Å². The van der Waals surface area contributed by atoms with Gasteiger partial charge >= 0.3 is 0 Å². The van der Waals surface area contributed by atoms with Crippen LogP contribution < -0.4 is 5.32 Å². The fourth-order valence-corrected chi connectivity index (χ4v) is 4.27. The fraction of sp³-hybridized carbons (Fsp3) is 0.417. The van der Waals surface area contributed by atoms with E-state index in [2.05, 4.69) is 5.32 Å². The second-order valence-electron chi connectivity index (χ2n) is 7.67. The van der Waals surface area contributed by atoms with E-state index in [1.807, 2.05) is 44.2 Å². The minimum absolute atomic E-state index is 0.0441. The van der Waals surface area contributed by atoms with Gasteiger partial charge < -0.3 is 10.2 Å². The molecule has 0 spiro atoms. The lowest BCUT2D eigenvalue weighted by atomic mass is 10.1. The van der Waals surface area contributed by atoms with Crippen LogP contribution in [0.4, 0.5) is 0 Å². The van der Waals surface area contributed by atoms with Gasteiger partial charge in [0.15, 0.2) is 0 Å². The standard InChI is InChI=1S/C24H29Cl3N2O2S/c1-4-16(2)28-24(31)17(3)29(15-18-7-12-21(26)22(27)14-18)23(30)6-5-13-32-20-10-8-19(25)9-11-20/h7-12,14,16-17H,4-6,13,15H2,1-3H3,(H,28,31). The van der Waals surface area contributed by atoms with E-state index in [4.69, 9.17) is 34.8 Å². The van der Waals surface area contributed by atoms with E-state index in [0.29, 0.717) is 27.9 Å². The molecule has 1 N–H and O–H groups in total. The van der Waals surface area contributed by atoms with Crippen molar-refractivity contribution in [1.29, 1.82) is 0 Å². The molecule has 0 saturated heterocycles. The fourth-order valence-electron chi connectivity index (χ4n) is 2.97. The topological polar surface area (TPSA) is 49.4 Å². The van der Waals surface area contributed by atoms with Crippen LogP contribution in [-0.2, 0) is 16.1 Å². The highest BCUT2D eigenvalue weighted by Crippen LogP contribution is 2.25. The van der Waals surface area contributed by atoms with E-state index < -0.39 is 6.04 Å². The third-order valence-corrected chi connectivity index (χ3v) is 7.21. The van der Waals surface area contributed by atoms with Crippen molar-refractivity contribution in [3.8, 4) is 0 Å². The number of rotatable bonds is 11. The number of hydrogen-bond acceptors (Lipinski definition) is 3. The summed E-state index contributed by atoms with van der Waals surface area (Å²) in [5, 5.41) is 4.55. The van der Waals surface area contributed by atoms with Crippen LogP contribution >= 0.6 is 46.6 Å². The van der Waals surface area contributed by atoms with Crippen LogP contribution in [0.2, 0.25) is 15.1 Å². The molecular weight excluding hydrogens is 487 g/mol. The third kappa shape index (κ3) is 8.51. The van der Waals surface area contributed by atoms with Crippen LogP contribution in [0.3, 0.4) is 0 Å². The maximum absolute atomic E-state index is 13.1. The Labute approximate surface area is 210 Å². The molecule has 8 heteroatoms. The first-order valence-electron chi connectivity index (χ1n) is 10.6. The predicted octanol–water partition coefficient (Wildman–Crippen LogP) is 6.85. The molecule has 0 aliphatic carbocycles. The summed E-state index contributed by atoms with van der Waals surface area (Å²) >= 11 is 19.8. The Morgan fingerprint density at radius 3 is 2.34 bits per heavy atom. The Bertz CT molecular complexity index is 909. The summed E-state index contributed by atoms with van der Waals surface area (Å²) in [5.41, 5.74) is 0.825. The molecule has 0 aromatic heterocycles. The Morgan fingerprint density at radius 2 is 1.72 bits per heavy atom. The maximum Gasteiger partial charge on any atom is 0.242 e. The summed E-state index contributed by atoms with van der Waals surface area (Å²) in [6, 6.07) is 12.3. The predicted molar refractivity (Wildman–Crippen MR) is 136 cm³/mol. The first-order valence-corrected chi connectivity index (χ1v) is 12.7. The number of hydrogen-bond donors (Lipinski definition) is 1. The molecule has 174 valence electrons. The maximum atomic E-state index is 13.1. The molecule has 2 aromatic carbocycles. The number of amides is 2. The van der Waals surface area contributed by atoms with E-state index >= 15 is 0 Å². The average molecular weight is 516 g/mol. The molecule has 0 aliphatic heterocycles. The zero-order chi connectivity index (χ0) is 23.7. The van der Waals surface area contributed by atoms with E-state index in [9.17, 15) is 9.59 Å². The van der Waals surface area contributed by atoms with E-state index in [-0.39, 0.29) is 24.4 Å². The lowest BCUT2D eigenvalue weighted by molar-refractivity contribution is -0.140. The van der Waals surface area contributed by atoms with Crippen LogP contribution in [-0.4, -0.2) is 34.6 Å². The summed E-state index contributed by atoms with van der Waals surface area (Å²) in [4.78, 5) is 28.6. The minimum atomic E-state index is -0.602. The average Bonchev–Trinajstić information content (AvgIpc) is 2.77. The number of thioether (sulfide) groups is 1. The quantitative estimate of drug-likeness (QED) is 0.263. The van der Waals surface area contributed by atoms with Gasteiger partial charge in [-0.1, -0.05) is 47.8 Å². The largest absolute Gasteiger partial charge is 0.352 e. The Kier molecular flexibility index (Phi) is 11.2. The zero-order valence-electron chi connectivity index (χ0n) is 18.5. The molecule has 2 unspecified atom stereocenters. The van der Waals surface area contributed by atoms with Crippen LogP contribution in [0, 0.1) is 0 Å². The Morgan fingerprint density at radius 1 is 1.03 bits per heavy atom. The molecule has 4 nitrogen and oxygen atoms in total. The molecule has 0 saturated carbocycles. The van der Waals surface area contributed by atoms with Crippen molar-refractivity contribution in [2.75, 3.05) is 5.75 Å². The highest BCUT2D eigenvalue weighted by molar-refractivity contribution is 7.99. The van der Waals surface area contributed by atoms with Gasteiger partial charge in [-0.05, 0) is 74.4 Å². The van der Waals surface area contributed by atoms with Gasteiger partial charge in [-0.3, -0.25) is 9.59 Å². The van der Waals surface area contributed by atoms with Gasteiger partial charge in [0, 0.05) is 28.9 Å². The van der Waals surface area contributed by atoms with Crippen LogP contribution in [0.15, 0.2) is 47.4 Å². The summed E-state index contributed by atoms with van der Waals surface area (Å²) in [7, 11) is 0. The van der Waals surface area contributed by atoms with Crippen LogP contribution in [0.25, 0.3) is 0 Å². The van der Waals surface area contributed by atoms with Gasteiger partial charge in [0.2, 0.25) is 11.8 Å². The number of carbonyl (C=O) groups is 2. The Hall–Kier alpha value is -1.40. The van der Waals surface area contributed by atoms with Gasteiger partial charge in [-0.15, -0.1) is 11.8 Å². The van der Waals surface area contributed by atoms with Crippen molar-refractivity contribution >= 4 is 58.4 Å². The van der Waals surface area contributed by atoms with Crippen molar-refractivity contribution < 1.29 is 9.59 Å². The molecule has 2 aromatic rings. The SMILES string of the molecule is CCC(C)NC(=O)C(C)N(Cc1ccc(Cl)c(Cl)c1)C(=O)CCCSc1ccc(Cl)cc1. The number of nitrogens with zero attached hydrogens (tertiary/aromatic N) is 1. The summed E-state index contributed by atoms with van der Waals surface area (Å²) < 4.78 is 0. The number of halogens is 3. The smallest absolute Gasteiger partial charge is 0.242 e. The summed E-state index contributed by atoms with van der Waals surface area (Å²) in [6.45, 7) is 6.00. The summed E-state index contributed by atoms with van der Waals surface area (Å²) in [6.07, 6.45) is 1.87. The highest BCUT2D eigenvalue weighted by atomic mass is 35.5. The molecular formula is C24H29Cl3N2O2S. The summed E-state index contributed by atoms with van der Waals surface area (Å²) in [5.74, 6) is 0.560. The number of carbonyl (C=O) groups excluding carboxylic acids is 2. The molecule has 0 heterocycles. The second-order valence-corrected chi connectivity index (χ2v) is 10.1. The second kappa shape index (κ2) is 13.3. The lowest BCUT2D eigenvalue weighted by Crippen LogP contribution is -2.49. The molecule has 32 heavy (non-hydrogen) atoms. The first kappa shape index (κ1) is 26.8. The number of benzene rings is 2. The van der Waals surface area contributed by atoms with Gasteiger partial charge in [0.1, 0.15) is 6.04 Å². The molecule has 2 atom stereocenters. The van der Waals surface area contributed by atoms with E-state index in [1.165, 1.54) is 0 Å². The van der Waals surface area contributed by atoms with Gasteiger partial charge in [-0.25, -0.2) is 0 Å². The van der Waals surface area contributed by atoms with Crippen molar-refractivity contribution in [2.24, 2.45) is 0 Å². The van der Waals surface area contributed by atoms with Gasteiger partial charge in [0.05, 0.1) is 10.0 Å². The van der Waals surface area contributed by atoms with Gasteiger partial charge in [-0.2, -0.15) is 0 Å². The lowest BCUT2D eigenvalue weighted by Gasteiger charge is -2.30. The molecule has 0 radical (unpaired) electrons. The van der Waals surface area contributed by atoms with Crippen LogP contribution in [0.1, 0.15) is 45.6 Å². The molecule has 2 rings (SSSR count). The molecule has 0 fully saturated rings. The minimum Gasteiger partial charge on any atom is -0.352 e.